The number of amides is 1. The lowest BCUT2D eigenvalue weighted by atomic mass is 9.96. The van der Waals surface area contributed by atoms with E-state index in [9.17, 15) is 13.2 Å². The van der Waals surface area contributed by atoms with Crippen molar-refractivity contribution in [1.29, 1.82) is 0 Å². The molecule has 0 saturated carbocycles. The molecule has 0 aromatic heterocycles. The molecule has 146 valence electrons. The average Bonchev–Trinajstić information content (AvgIpc) is 2.55. The van der Waals surface area contributed by atoms with Crippen LogP contribution in [0.1, 0.15) is 26.7 Å². The van der Waals surface area contributed by atoms with Gasteiger partial charge >= 0.3 is 0 Å². The number of hydrogen-bond donors (Lipinski definition) is 1. The molecular formula is C17H34N4O3S. The van der Waals surface area contributed by atoms with Crippen LogP contribution in [0.3, 0.4) is 0 Å². The number of carbonyl (C=O) groups excluding carboxylic acids is 1. The Hall–Kier alpha value is -0.700. The summed E-state index contributed by atoms with van der Waals surface area (Å²) in [4.78, 5) is 17.3. The first-order chi connectivity index (χ1) is 11.7. The van der Waals surface area contributed by atoms with Gasteiger partial charge in [-0.3, -0.25) is 9.69 Å². The van der Waals surface area contributed by atoms with Crippen LogP contribution in [0.4, 0.5) is 0 Å². The predicted octanol–water partition coefficient (Wildman–Crippen LogP) is 0.0462. The van der Waals surface area contributed by atoms with Gasteiger partial charge in [0.05, 0.1) is 6.26 Å². The van der Waals surface area contributed by atoms with Crippen LogP contribution in [-0.2, 0) is 14.8 Å². The Morgan fingerprint density at radius 2 is 1.64 bits per heavy atom. The lowest BCUT2D eigenvalue weighted by Gasteiger charge is -2.40. The van der Waals surface area contributed by atoms with Gasteiger partial charge in [-0.15, -0.1) is 0 Å². The fraction of sp³-hybridized carbons (Fsp3) is 0.941. The minimum atomic E-state index is -3.14. The van der Waals surface area contributed by atoms with Crippen molar-refractivity contribution in [3.05, 3.63) is 0 Å². The summed E-state index contributed by atoms with van der Waals surface area (Å²) >= 11 is 0. The van der Waals surface area contributed by atoms with Gasteiger partial charge in [-0.05, 0) is 25.8 Å². The molecular weight excluding hydrogens is 340 g/mol. The second-order valence-electron chi connectivity index (χ2n) is 7.83. The molecule has 2 heterocycles. The van der Waals surface area contributed by atoms with Crippen molar-refractivity contribution < 1.29 is 13.2 Å². The van der Waals surface area contributed by atoms with E-state index in [1.807, 2.05) is 0 Å². The van der Waals surface area contributed by atoms with Gasteiger partial charge in [0.1, 0.15) is 0 Å². The van der Waals surface area contributed by atoms with Gasteiger partial charge in [-0.2, -0.15) is 0 Å². The number of piperidine rings is 1. The molecule has 2 aliphatic heterocycles. The fourth-order valence-corrected chi connectivity index (χ4v) is 4.61. The summed E-state index contributed by atoms with van der Waals surface area (Å²) in [6.45, 7) is 10.2. The van der Waals surface area contributed by atoms with Crippen molar-refractivity contribution in [3.63, 3.8) is 0 Å². The quantitative estimate of drug-likeness (QED) is 0.711. The molecule has 7 nitrogen and oxygen atoms in total. The van der Waals surface area contributed by atoms with Crippen LogP contribution >= 0.6 is 0 Å². The van der Waals surface area contributed by atoms with Crippen molar-refractivity contribution in [1.82, 2.24) is 19.4 Å². The van der Waals surface area contributed by atoms with Crippen LogP contribution in [0.15, 0.2) is 0 Å². The third-order valence-corrected chi connectivity index (χ3v) is 6.86. The Bertz CT molecular complexity index is 536. The molecule has 8 heteroatoms. The van der Waals surface area contributed by atoms with Crippen LogP contribution in [0.5, 0.6) is 0 Å². The maximum atomic E-state index is 12.5. The van der Waals surface area contributed by atoms with Crippen molar-refractivity contribution in [3.8, 4) is 0 Å². The van der Waals surface area contributed by atoms with E-state index in [4.69, 9.17) is 0 Å². The number of nitrogens with one attached hydrogen (secondary N) is 1. The lowest BCUT2D eigenvalue weighted by molar-refractivity contribution is -0.126. The predicted molar refractivity (Wildman–Crippen MR) is 99.8 cm³/mol. The molecule has 0 radical (unpaired) electrons. The molecule has 0 bridgehead atoms. The zero-order valence-electron chi connectivity index (χ0n) is 16.1. The molecule has 1 unspecified atom stereocenters. The Morgan fingerprint density at radius 3 is 2.12 bits per heavy atom. The van der Waals surface area contributed by atoms with E-state index in [-0.39, 0.29) is 11.8 Å². The summed E-state index contributed by atoms with van der Waals surface area (Å²) in [5.74, 6) is 0.488. The summed E-state index contributed by atoms with van der Waals surface area (Å²) in [6.07, 6.45) is 2.45. The summed E-state index contributed by atoms with van der Waals surface area (Å²) in [5, 5.41) is 3.13. The van der Waals surface area contributed by atoms with E-state index in [1.54, 1.807) is 0 Å². The third-order valence-electron chi connectivity index (χ3n) is 5.56. The minimum Gasteiger partial charge on any atom is -0.354 e. The average molecular weight is 375 g/mol. The van der Waals surface area contributed by atoms with Crippen molar-refractivity contribution in [2.45, 2.75) is 32.7 Å². The first-order valence-corrected chi connectivity index (χ1v) is 11.2. The molecule has 2 fully saturated rings. The summed E-state index contributed by atoms with van der Waals surface area (Å²) < 4.78 is 24.6. The largest absolute Gasteiger partial charge is 0.354 e. The summed E-state index contributed by atoms with van der Waals surface area (Å²) in [7, 11) is -0.995. The Labute approximate surface area is 152 Å². The molecule has 0 aromatic carbocycles. The van der Waals surface area contributed by atoms with Gasteiger partial charge in [-0.1, -0.05) is 13.8 Å². The maximum absolute atomic E-state index is 12.5. The summed E-state index contributed by atoms with van der Waals surface area (Å²) in [5.41, 5.74) is 0. The monoisotopic (exact) mass is 374 g/mol. The zero-order chi connectivity index (χ0) is 18.6. The topological polar surface area (TPSA) is 73.0 Å². The van der Waals surface area contributed by atoms with E-state index in [1.165, 1.54) is 10.6 Å². The minimum absolute atomic E-state index is 0.0710. The van der Waals surface area contributed by atoms with E-state index in [2.05, 4.69) is 36.0 Å². The molecule has 0 spiro atoms. The second-order valence-corrected chi connectivity index (χ2v) is 9.81. The standard InChI is InChI=1S/C17H34N4O3S/c1-14(2)16(20-11-9-19(3)10-12-20)13-18-17(22)15-5-7-21(8-6-15)25(4,23)24/h14-16H,5-13H2,1-4H3,(H,18,22). The lowest BCUT2D eigenvalue weighted by Crippen LogP contribution is -2.54. The van der Waals surface area contributed by atoms with Crippen molar-refractivity contribution >= 4 is 15.9 Å². The number of piperazine rings is 1. The number of nitrogens with zero attached hydrogens (tertiary/aromatic N) is 3. The van der Waals surface area contributed by atoms with E-state index in [0.717, 1.165) is 26.2 Å². The highest BCUT2D eigenvalue weighted by Gasteiger charge is 2.30. The number of sulfonamides is 1. The third kappa shape index (κ3) is 5.91. The number of likely N-dealkylation sites (N-methyl/N-ethyl adjacent to an activating group) is 1. The maximum Gasteiger partial charge on any atom is 0.223 e. The van der Waals surface area contributed by atoms with E-state index < -0.39 is 10.0 Å². The highest BCUT2D eigenvalue weighted by Crippen LogP contribution is 2.20. The Balaban J connectivity index is 1.81. The smallest absolute Gasteiger partial charge is 0.223 e. The number of carbonyl (C=O) groups is 1. The molecule has 1 N–H and O–H groups in total. The van der Waals surface area contributed by atoms with Gasteiger partial charge in [0.15, 0.2) is 0 Å². The normalized spacial score (nSPS) is 23.7. The molecule has 1 amide bonds. The molecule has 2 aliphatic rings. The van der Waals surface area contributed by atoms with Crippen molar-refractivity contribution in [2.24, 2.45) is 11.8 Å². The molecule has 1 atom stereocenters. The zero-order valence-corrected chi connectivity index (χ0v) is 16.9. The molecule has 2 rings (SSSR count). The van der Waals surface area contributed by atoms with E-state index >= 15 is 0 Å². The Morgan fingerprint density at radius 1 is 1.08 bits per heavy atom. The molecule has 2 saturated heterocycles. The molecule has 0 aromatic rings. The molecule has 0 aliphatic carbocycles. The SMILES string of the molecule is CC(C)C(CNC(=O)C1CCN(S(C)(=O)=O)CC1)N1CCN(C)CC1. The van der Waals surface area contributed by atoms with Crippen LogP contribution in [0.2, 0.25) is 0 Å². The second kappa shape index (κ2) is 8.79. The van der Waals surface area contributed by atoms with Gasteiger partial charge < -0.3 is 10.2 Å². The number of rotatable bonds is 6. The number of hydrogen-bond acceptors (Lipinski definition) is 5. The van der Waals surface area contributed by atoms with Crippen LogP contribution < -0.4 is 5.32 Å². The van der Waals surface area contributed by atoms with Gasteiger partial charge in [0.25, 0.3) is 0 Å². The van der Waals surface area contributed by atoms with Gasteiger partial charge in [-0.25, -0.2) is 12.7 Å². The van der Waals surface area contributed by atoms with Crippen LogP contribution in [0.25, 0.3) is 0 Å². The first-order valence-electron chi connectivity index (χ1n) is 9.34. The van der Waals surface area contributed by atoms with Crippen LogP contribution in [0, 0.1) is 11.8 Å². The molecule has 25 heavy (non-hydrogen) atoms. The fourth-order valence-electron chi connectivity index (χ4n) is 3.74. The Kier molecular flexibility index (Phi) is 7.25. The summed E-state index contributed by atoms with van der Waals surface area (Å²) in [6, 6.07) is 0.355. The van der Waals surface area contributed by atoms with Crippen molar-refractivity contribution in [2.75, 3.05) is 59.1 Å². The van der Waals surface area contributed by atoms with Crippen LogP contribution in [-0.4, -0.2) is 93.6 Å². The highest BCUT2D eigenvalue weighted by molar-refractivity contribution is 7.88. The van der Waals surface area contributed by atoms with E-state index in [0.29, 0.717) is 44.4 Å². The highest BCUT2D eigenvalue weighted by atomic mass is 32.2. The van der Waals surface area contributed by atoms with Gasteiger partial charge in [0, 0.05) is 57.8 Å². The first kappa shape index (κ1) is 20.6. The van der Waals surface area contributed by atoms with Gasteiger partial charge in [0.2, 0.25) is 15.9 Å².